The summed E-state index contributed by atoms with van der Waals surface area (Å²) in [7, 11) is 0.133. The third-order valence-electron chi connectivity index (χ3n) is 11.4. The van der Waals surface area contributed by atoms with Crippen LogP contribution in [-0.2, 0) is 7.05 Å². The van der Waals surface area contributed by atoms with Gasteiger partial charge in [0.1, 0.15) is 16.8 Å². The minimum Gasteiger partial charge on any atom is -0.456 e. The molecule has 48 heavy (non-hydrogen) atoms. The molecule has 0 spiro atoms. The standard InChI is InChI=1S/C43H52N3OSi/c1-26(2)33-24-30(48(14,42(6,7)8)43(9,10)11)25-34(27(3)4)39(33)46-36-18-16-15-17-35(36)45(13)41(46)38-28(5)19-21-32-31-22-20-29(44-12)23-37(31)47-40(32)38/h15-27H,1-11,13-14H3/q+1. The SMILES string of the molecule is [C-]#[N+]c1ccc2c(c1)oc1c(-c3n(-c4c(C(C)C)cc([Si](C)(C(C)(C)C)C(C)(C)C)cc4C(C)C)c4ccccc4[n+]3C)c(C)ccc12. The molecule has 2 aromatic heterocycles. The molecule has 248 valence electrons. The van der Waals surface area contributed by atoms with Gasteiger partial charge in [0.05, 0.1) is 21.7 Å². The molecule has 0 aliphatic carbocycles. The molecule has 4 aromatic carbocycles. The molecule has 0 fully saturated rings. The van der Waals surface area contributed by atoms with Gasteiger partial charge < -0.3 is 4.42 Å². The molecule has 2 heterocycles. The Morgan fingerprint density at radius 3 is 1.96 bits per heavy atom. The Morgan fingerprint density at radius 1 is 0.812 bits per heavy atom. The number of aryl methyl sites for hydroxylation is 2. The molecule has 0 radical (unpaired) electrons. The molecule has 0 N–H and O–H groups in total. The Balaban J connectivity index is 1.80. The fraction of sp³-hybridized carbons (Fsp3) is 0.395. The predicted octanol–water partition coefficient (Wildman–Crippen LogP) is 12.0. The number of para-hydroxylation sites is 2. The number of furan rings is 1. The molecule has 0 saturated heterocycles. The van der Waals surface area contributed by atoms with Crippen LogP contribution in [0.5, 0.6) is 0 Å². The Bertz CT molecular complexity index is 2220. The Morgan fingerprint density at radius 2 is 1.40 bits per heavy atom. The van der Waals surface area contributed by atoms with Gasteiger partial charge >= 0.3 is 0 Å². The number of hydrogen-bond acceptors (Lipinski definition) is 1. The summed E-state index contributed by atoms with van der Waals surface area (Å²) in [5.41, 5.74) is 10.9. The van der Waals surface area contributed by atoms with E-state index >= 15 is 0 Å². The Kier molecular flexibility index (Phi) is 8.07. The number of nitrogens with zero attached hydrogens (tertiary/aromatic N) is 3. The van der Waals surface area contributed by atoms with Gasteiger partial charge in [-0.2, -0.15) is 4.57 Å². The van der Waals surface area contributed by atoms with Crippen molar-refractivity contribution in [1.82, 2.24) is 4.57 Å². The number of benzene rings is 4. The summed E-state index contributed by atoms with van der Waals surface area (Å²) in [6, 6.07) is 24.1. The molecule has 0 amide bonds. The summed E-state index contributed by atoms with van der Waals surface area (Å²) in [5.74, 6) is 1.72. The van der Waals surface area contributed by atoms with Gasteiger partial charge in [0.15, 0.2) is 22.3 Å². The number of hydrogen-bond donors (Lipinski definition) is 0. The van der Waals surface area contributed by atoms with Crippen molar-refractivity contribution in [3.63, 3.8) is 0 Å². The van der Waals surface area contributed by atoms with Crippen molar-refractivity contribution in [1.29, 1.82) is 0 Å². The van der Waals surface area contributed by atoms with E-state index in [1.807, 2.05) is 18.2 Å². The van der Waals surface area contributed by atoms with Crippen molar-refractivity contribution >= 4 is 51.9 Å². The lowest BCUT2D eigenvalue weighted by Crippen LogP contribution is -2.59. The van der Waals surface area contributed by atoms with Crippen molar-refractivity contribution in [2.75, 3.05) is 0 Å². The quantitative estimate of drug-likeness (QED) is 0.103. The molecule has 4 nitrogen and oxygen atoms in total. The highest BCUT2D eigenvalue weighted by atomic mass is 28.3. The van der Waals surface area contributed by atoms with Crippen molar-refractivity contribution in [2.24, 2.45) is 7.05 Å². The van der Waals surface area contributed by atoms with Gasteiger partial charge in [-0.25, -0.2) is 9.41 Å². The highest BCUT2D eigenvalue weighted by Crippen LogP contribution is 2.51. The highest BCUT2D eigenvalue weighted by molar-refractivity contribution is 6.95. The molecular formula is C43H52N3OSi+. The van der Waals surface area contributed by atoms with Crippen LogP contribution < -0.4 is 9.75 Å². The van der Waals surface area contributed by atoms with E-state index < -0.39 is 8.07 Å². The van der Waals surface area contributed by atoms with E-state index in [4.69, 9.17) is 11.0 Å². The molecule has 0 aliphatic heterocycles. The number of aromatic nitrogens is 2. The number of rotatable bonds is 5. The molecule has 0 atom stereocenters. The van der Waals surface area contributed by atoms with Gasteiger partial charge in [-0.05, 0) is 52.6 Å². The second-order valence-electron chi connectivity index (χ2n) is 16.7. The second-order valence-corrected chi connectivity index (χ2v) is 22.5. The minimum absolute atomic E-state index is 0.175. The van der Waals surface area contributed by atoms with Crippen molar-refractivity contribution in [3.05, 3.63) is 94.8 Å². The summed E-state index contributed by atoms with van der Waals surface area (Å²) in [5, 5.41) is 4.00. The molecule has 0 saturated carbocycles. The van der Waals surface area contributed by atoms with Crippen LogP contribution in [0.15, 0.2) is 71.1 Å². The first-order valence-electron chi connectivity index (χ1n) is 17.4. The van der Waals surface area contributed by atoms with Gasteiger partial charge in [0.2, 0.25) is 0 Å². The molecule has 0 unspecified atom stereocenters. The van der Waals surface area contributed by atoms with Gasteiger partial charge in [-0.3, -0.25) is 0 Å². The van der Waals surface area contributed by atoms with Crippen LogP contribution in [-0.4, -0.2) is 12.6 Å². The largest absolute Gasteiger partial charge is 0.456 e. The van der Waals surface area contributed by atoms with Gasteiger partial charge in [-0.15, -0.1) is 0 Å². The fourth-order valence-electron chi connectivity index (χ4n) is 8.19. The van der Waals surface area contributed by atoms with E-state index in [0.29, 0.717) is 17.5 Å². The summed E-state index contributed by atoms with van der Waals surface area (Å²) in [6.45, 7) is 36.5. The zero-order valence-corrected chi connectivity index (χ0v) is 32.3. The average molecular weight is 655 g/mol. The first kappa shape index (κ1) is 33.7. The fourth-order valence-corrected chi connectivity index (χ4v) is 13.1. The molecule has 6 aromatic rings. The summed E-state index contributed by atoms with van der Waals surface area (Å²) >= 11 is 0. The molecular weight excluding hydrogens is 603 g/mol. The summed E-state index contributed by atoms with van der Waals surface area (Å²) in [6.07, 6.45) is 0. The molecule has 6 rings (SSSR count). The molecule has 0 bridgehead atoms. The van der Waals surface area contributed by atoms with E-state index in [2.05, 4.69) is 152 Å². The predicted molar refractivity (Wildman–Crippen MR) is 207 cm³/mol. The number of imidazole rings is 1. The van der Waals surface area contributed by atoms with Gasteiger partial charge in [-0.1, -0.05) is 130 Å². The monoisotopic (exact) mass is 654 g/mol. The third-order valence-corrected chi connectivity index (χ3v) is 18.9. The maximum absolute atomic E-state index is 7.59. The smallest absolute Gasteiger partial charge is 0.299 e. The van der Waals surface area contributed by atoms with E-state index in [9.17, 15) is 0 Å². The zero-order valence-electron chi connectivity index (χ0n) is 31.3. The van der Waals surface area contributed by atoms with Crippen molar-refractivity contribution in [2.45, 2.75) is 105 Å². The lowest BCUT2D eigenvalue weighted by molar-refractivity contribution is -0.633. The first-order valence-corrected chi connectivity index (χ1v) is 19.9. The number of fused-ring (bicyclic) bond motifs is 4. The topological polar surface area (TPSA) is 26.3 Å². The highest BCUT2D eigenvalue weighted by Gasteiger charge is 2.51. The van der Waals surface area contributed by atoms with Crippen LogP contribution >= 0.6 is 0 Å². The van der Waals surface area contributed by atoms with Crippen LogP contribution in [0.1, 0.15) is 97.8 Å². The first-order chi connectivity index (χ1) is 22.4. The maximum atomic E-state index is 7.59. The van der Waals surface area contributed by atoms with Crippen LogP contribution in [0.4, 0.5) is 5.69 Å². The van der Waals surface area contributed by atoms with Gasteiger partial charge in [0.25, 0.3) is 5.82 Å². The normalized spacial score (nSPS) is 13.0. The average Bonchev–Trinajstić information content (AvgIpc) is 3.52. The van der Waals surface area contributed by atoms with Crippen molar-refractivity contribution in [3.8, 4) is 17.1 Å². The van der Waals surface area contributed by atoms with Crippen LogP contribution in [0.25, 0.3) is 54.9 Å². The molecule has 5 heteroatoms. The van der Waals surface area contributed by atoms with Crippen molar-refractivity contribution < 1.29 is 8.98 Å². The minimum atomic E-state index is -2.06. The maximum Gasteiger partial charge on any atom is 0.299 e. The second kappa shape index (κ2) is 11.5. The third kappa shape index (κ3) is 4.95. The lowest BCUT2D eigenvalue weighted by Gasteiger charge is -2.50. The zero-order chi connectivity index (χ0) is 35.1. The van der Waals surface area contributed by atoms with Gasteiger partial charge in [0, 0.05) is 21.9 Å². The summed E-state index contributed by atoms with van der Waals surface area (Å²) in [4.78, 5) is 3.68. The Hall–Kier alpha value is -4.14. The van der Waals surface area contributed by atoms with Crippen LogP contribution in [0.3, 0.4) is 0 Å². The molecule has 0 aliphatic rings. The van der Waals surface area contributed by atoms with Crippen LogP contribution in [0.2, 0.25) is 16.6 Å². The summed E-state index contributed by atoms with van der Waals surface area (Å²) < 4.78 is 11.6. The van der Waals surface area contributed by atoms with Crippen LogP contribution in [0, 0.1) is 13.5 Å². The lowest BCUT2D eigenvalue weighted by atomic mass is 9.92. The van der Waals surface area contributed by atoms with E-state index in [1.165, 1.54) is 27.8 Å². The Labute approximate surface area is 288 Å². The van der Waals surface area contributed by atoms with E-state index in [0.717, 1.165) is 38.9 Å². The van der Waals surface area contributed by atoms with E-state index in [-0.39, 0.29) is 10.1 Å². The van der Waals surface area contributed by atoms with E-state index in [1.54, 1.807) is 5.19 Å².